The van der Waals surface area contributed by atoms with Gasteiger partial charge < -0.3 is 19.3 Å². The van der Waals surface area contributed by atoms with Crippen LogP contribution in [0.5, 0.6) is 5.75 Å². The summed E-state index contributed by atoms with van der Waals surface area (Å²) in [5.41, 5.74) is 0.783. The fraction of sp³-hybridized carbons (Fsp3) is 0.579. The van der Waals surface area contributed by atoms with Crippen LogP contribution in [0.1, 0.15) is 32.1 Å². The van der Waals surface area contributed by atoms with Gasteiger partial charge in [-0.25, -0.2) is 4.98 Å². The van der Waals surface area contributed by atoms with Crippen molar-refractivity contribution in [2.24, 2.45) is 0 Å². The number of nitrogens with zero attached hydrogens (tertiary/aromatic N) is 3. The van der Waals surface area contributed by atoms with E-state index in [4.69, 9.17) is 9.47 Å². The topological polar surface area (TPSA) is 54.9 Å². The van der Waals surface area contributed by atoms with Crippen LogP contribution in [-0.4, -0.2) is 54.7 Å². The van der Waals surface area contributed by atoms with Crippen molar-refractivity contribution in [3.05, 3.63) is 30.2 Å². The molecule has 1 aromatic rings. The normalized spacial score (nSPS) is 23.4. The second kappa shape index (κ2) is 7.33. The Morgan fingerprint density at radius 3 is 2.92 bits per heavy atom. The summed E-state index contributed by atoms with van der Waals surface area (Å²) in [4.78, 5) is 21.3. The van der Waals surface area contributed by atoms with E-state index in [1.165, 1.54) is 12.8 Å². The molecular weight excluding hydrogens is 318 g/mol. The minimum absolute atomic E-state index is 0.0274. The predicted molar refractivity (Wildman–Crippen MR) is 94.6 cm³/mol. The number of pyridine rings is 1. The number of ether oxygens (including phenoxy) is 2. The summed E-state index contributed by atoms with van der Waals surface area (Å²) in [6.45, 7) is 4.15. The fourth-order valence-corrected chi connectivity index (χ4v) is 3.75. The van der Waals surface area contributed by atoms with Crippen molar-refractivity contribution in [3.63, 3.8) is 0 Å². The monoisotopic (exact) mass is 343 g/mol. The van der Waals surface area contributed by atoms with Crippen LogP contribution in [0.2, 0.25) is 0 Å². The van der Waals surface area contributed by atoms with Crippen molar-refractivity contribution >= 4 is 11.7 Å². The van der Waals surface area contributed by atoms with Crippen LogP contribution in [0.15, 0.2) is 30.2 Å². The van der Waals surface area contributed by atoms with E-state index in [0.717, 1.165) is 56.0 Å². The van der Waals surface area contributed by atoms with Gasteiger partial charge in [-0.05, 0) is 37.8 Å². The minimum atomic E-state index is 0.0274. The Bertz CT molecular complexity index is 655. The molecule has 0 N–H and O–H groups in total. The Morgan fingerprint density at radius 1 is 1.24 bits per heavy atom. The van der Waals surface area contributed by atoms with E-state index in [0.29, 0.717) is 13.2 Å². The third-order valence-corrected chi connectivity index (χ3v) is 5.09. The van der Waals surface area contributed by atoms with Gasteiger partial charge in [0.25, 0.3) is 5.91 Å². The van der Waals surface area contributed by atoms with Crippen LogP contribution >= 0.6 is 0 Å². The molecule has 6 nitrogen and oxygen atoms in total. The Morgan fingerprint density at radius 2 is 2.12 bits per heavy atom. The first-order valence-electron chi connectivity index (χ1n) is 9.28. The highest BCUT2D eigenvalue weighted by molar-refractivity contribution is 5.93. The van der Waals surface area contributed by atoms with Crippen molar-refractivity contribution in [1.29, 1.82) is 0 Å². The third-order valence-electron chi connectivity index (χ3n) is 5.09. The Balaban J connectivity index is 1.40. The summed E-state index contributed by atoms with van der Waals surface area (Å²) in [7, 11) is 0. The van der Waals surface area contributed by atoms with Gasteiger partial charge in [-0.3, -0.25) is 4.79 Å². The van der Waals surface area contributed by atoms with E-state index in [1.807, 2.05) is 23.2 Å². The van der Waals surface area contributed by atoms with Crippen LogP contribution in [-0.2, 0) is 9.53 Å². The highest BCUT2D eigenvalue weighted by Crippen LogP contribution is 2.30. The summed E-state index contributed by atoms with van der Waals surface area (Å²) in [5.74, 6) is 1.87. The first-order valence-corrected chi connectivity index (χ1v) is 9.28. The number of aromatic nitrogens is 1. The van der Waals surface area contributed by atoms with E-state index < -0.39 is 0 Å². The maximum absolute atomic E-state index is 12.6. The zero-order valence-electron chi connectivity index (χ0n) is 14.5. The largest absolute Gasteiger partial charge is 0.501 e. The van der Waals surface area contributed by atoms with Gasteiger partial charge in [-0.15, -0.1) is 0 Å². The standard InChI is InChI=1S/C19H25N3O3/c23-19(15-5-4-12-24-14-15)22-11-7-16(13-22)25-17-6-3-8-20-18(17)21-9-1-2-10-21/h3,6,8,14,16H,1-2,4-5,7,9-13H2. The predicted octanol–water partition coefficient (Wildman–Crippen LogP) is 2.36. The lowest BCUT2D eigenvalue weighted by atomic mass is 10.1. The molecule has 3 aliphatic rings. The molecule has 0 radical (unpaired) electrons. The van der Waals surface area contributed by atoms with Gasteiger partial charge >= 0.3 is 0 Å². The summed E-state index contributed by atoms with van der Waals surface area (Å²) in [6, 6.07) is 3.90. The van der Waals surface area contributed by atoms with E-state index in [1.54, 1.807) is 6.26 Å². The number of amides is 1. The quantitative estimate of drug-likeness (QED) is 0.840. The maximum atomic E-state index is 12.6. The Hall–Kier alpha value is -2.24. The van der Waals surface area contributed by atoms with Crippen molar-refractivity contribution < 1.29 is 14.3 Å². The molecule has 4 rings (SSSR count). The molecule has 0 saturated carbocycles. The zero-order chi connectivity index (χ0) is 17.1. The summed E-state index contributed by atoms with van der Waals surface area (Å²) < 4.78 is 11.5. The third kappa shape index (κ3) is 3.57. The SMILES string of the molecule is O=C(C1=COCCC1)N1CCC(Oc2cccnc2N2CCCC2)C1. The summed E-state index contributed by atoms with van der Waals surface area (Å²) in [5, 5.41) is 0. The molecule has 4 heterocycles. The number of likely N-dealkylation sites (tertiary alicyclic amines) is 1. The van der Waals surface area contributed by atoms with Gasteiger partial charge in [0.15, 0.2) is 11.6 Å². The lowest BCUT2D eigenvalue weighted by Crippen LogP contribution is -2.33. The molecular formula is C19H25N3O3. The highest BCUT2D eigenvalue weighted by atomic mass is 16.5. The maximum Gasteiger partial charge on any atom is 0.252 e. The highest BCUT2D eigenvalue weighted by Gasteiger charge is 2.31. The van der Waals surface area contributed by atoms with E-state index in [2.05, 4.69) is 9.88 Å². The van der Waals surface area contributed by atoms with Crippen LogP contribution in [0, 0.1) is 0 Å². The molecule has 134 valence electrons. The van der Waals surface area contributed by atoms with Crippen molar-refractivity contribution in [2.75, 3.05) is 37.7 Å². The fourth-order valence-electron chi connectivity index (χ4n) is 3.75. The molecule has 1 amide bonds. The summed E-state index contributed by atoms with van der Waals surface area (Å²) in [6.07, 6.45) is 8.47. The van der Waals surface area contributed by atoms with Gasteiger partial charge in [0, 0.05) is 32.3 Å². The molecule has 2 saturated heterocycles. The molecule has 3 aliphatic heterocycles. The molecule has 1 atom stereocenters. The molecule has 25 heavy (non-hydrogen) atoms. The van der Waals surface area contributed by atoms with Crippen LogP contribution in [0.25, 0.3) is 0 Å². The van der Waals surface area contributed by atoms with Crippen molar-refractivity contribution in [2.45, 2.75) is 38.2 Å². The van der Waals surface area contributed by atoms with E-state index >= 15 is 0 Å². The molecule has 0 aromatic carbocycles. The summed E-state index contributed by atoms with van der Waals surface area (Å²) >= 11 is 0. The van der Waals surface area contributed by atoms with Gasteiger partial charge in [-0.1, -0.05) is 0 Å². The second-order valence-corrected chi connectivity index (χ2v) is 6.92. The number of anilines is 1. The van der Waals surface area contributed by atoms with Gasteiger partial charge in [0.2, 0.25) is 0 Å². The molecule has 6 heteroatoms. The molecule has 1 unspecified atom stereocenters. The second-order valence-electron chi connectivity index (χ2n) is 6.92. The van der Waals surface area contributed by atoms with Crippen LogP contribution in [0.3, 0.4) is 0 Å². The lowest BCUT2D eigenvalue weighted by Gasteiger charge is -2.23. The average Bonchev–Trinajstić information content (AvgIpc) is 3.34. The number of rotatable bonds is 4. The van der Waals surface area contributed by atoms with Crippen molar-refractivity contribution in [3.8, 4) is 5.75 Å². The minimum Gasteiger partial charge on any atom is -0.501 e. The Labute approximate surface area is 148 Å². The van der Waals surface area contributed by atoms with Gasteiger partial charge in [0.05, 0.1) is 25.0 Å². The van der Waals surface area contributed by atoms with Crippen molar-refractivity contribution in [1.82, 2.24) is 9.88 Å². The molecule has 2 fully saturated rings. The molecule has 0 bridgehead atoms. The van der Waals surface area contributed by atoms with Crippen LogP contribution < -0.4 is 9.64 Å². The van der Waals surface area contributed by atoms with Crippen LogP contribution in [0.4, 0.5) is 5.82 Å². The molecule has 1 aromatic heterocycles. The van der Waals surface area contributed by atoms with E-state index in [-0.39, 0.29) is 12.0 Å². The Kier molecular flexibility index (Phi) is 4.76. The van der Waals surface area contributed by atoms with E-state index in [9.17, 15) is 4.79 Å². The molecule has 0 spiro atoms. The smallest absolute Gasteiger partial charge is 0.252 e. The average molecular weight is 343 g/mol. The zero-order valence-corrected chi connectivity index (χ0v) is 14.5. The first kappa shape index (κ1) is 16.2. The van der Waals surface area contributed by atoms with Gasteiger partial charge in [-0.2, -0.15) is 0 Å². The first-order chi connectivity index (χ1) is 12.3. The number of hydrogen-bond donors (Lipinski definition) is 0. The lowest BCUT2D eigenvalue weighted by molar-refractivity contribution is -0.126. The number of carbonyl (C=O) groups excluding carboxylic acids is 1. The number of carbonyl (C=O) groups is 1. The number of hydrogen-bond acceptors (Lipinski definition) is 5. The molecule has 0 aliphatic carbocycles. The van der Waals surface area contributed by atoms with Gasteiger partial charge in [0.1, 0.15) is 6.10 Å².